The van der Waals surface area contributed by atoms with E-state index in [0.717, 1.165) is 19.5 Å². The van der Waals surface area contributed by atoms with E-state index in [-0.39, 0.29) is 36.8 Å². The number of nitrogens with one attached hydrogen (secondary N) is 2. The largest absolute Gasteiger partial charge is 0.353 e. The molecular weight excluding hydrogens is 273 g/mol. The zero-order chi connectivity index (χ0) is 11.4. The summed E-state index contributed by atoms with van der Waals surface area (Å²) in [5, 5.41) is 6.36. The second kappa shape index (κ2) is 8.97. The van der Waals surface area contributed by atoms with E-state index in [9.17, 15) is 4.79 Å². The lowest BCUT2D eigenvalue weighted by atomic mass is 10.0. The van der Waals surface area contributed by atoms with Crippen molar-refractivity contribution in [1.82, 2.24) is 15.5 Å². The highest BCUT2D eigenvalue weighted by atomic mass is 35.5. The molecule has 2 N–H and O–H groups in total. The molecule has 2 saturated heterocycles. The SMILES string of the molecule is CN1CCCC1CNC(=O)C1CCCCN1.Cl.Cl. The molecule has 1 amide bonds. The first-order chi connectivity index (χ1) is 7.77. The van der Waals surface area contributed by atoms with E-state index in [4.69, 9.17) is 0 Å². The van der Waals surface area contributed by atoms with Gasteiger partial charge in [-0.2, -0.15) is 0 Å². The van der Waals surface area contributed by atoms with E-state index in [2.05, 4.69) is 22.6 Å². The van der Waals surface area contributed by atoms with Gasteiger partial charge in [-0.05, 0) is 45.8 Å². The number of carbonyl (C=O) groups is 1. The smallest absolute Gasteiger partial charge is 0.237 e. The molecule has 2 heterocycles. The third-order valence-corrected chi connectivity index (χ3v) is 3.81. The van der Waals surface area contributed by atoms with E-state index in [0.29, 0.717) is 6.04 Å². The Kier molecular flexibility index (Phi) is 8.95. The highest BCUT2D eigenvalue weighted by molar-refractivity contribution is 5.85. The molecule has 6 heteroatoms. The summed E-state index contributed by atoms with van der Waals surface area (Å²) in [6.07, 6.45) is 5.85. The molecule has 2 rings (SSSR count). The fourth-order valence-corrected chi connectivity index (χ4v) is 2.65. The first-order valence-electron chi connectivity index (χ1n) is 6.48. The quantitative estimate of drug-likeness (QED) is 0.822. The lowest BCUT2D eigenvalue weighted by molar-refractivity contribution is -0.123. The molecule has 0 saturated carbocycles. The summed E-state index contributed by atoms with van der Waals surface area (Å²) in [4.78, 5) is 14.2. The minimum absolute atomic E-state index is 0. The van der Waals surface area contributed by atoms with Crippen LogP contribution in [0.1, 0.15) is 32.1 Å². The van der Waals surface area contributed by atoms with Crippen LogP contribution in [0.2, 0.25) is 0 Å². The van der Waals surface area contributed by atoms with Crippen LogP contribution in [0.5, 0.6) is 0 Å². The Morgan fingerprint density at radius 3 is 2.61 bits per heavy atom. The number of rotatable bonds is 3. The maximum absolute atomic E-state index is 11.9. The number of likely N-dealkylation sites (tertiary alicyclic amines) is 1. The number of amides is 1. The van der Waals surface area contributed by atoms with Crippen LogP contribution in [0.15, 0.2) is 0 Å². The zero-order valence-electron chi connectivity index (χ0n) is 11.0. The van der Waals surface area contributed by atoms with Crippen LogP contribution in [0.3, 0.4) is 0 Å². The zero-order valence-corrected chi connectivity index (χ0v) is 12.6. The summed E-state index contributed by atoms with van der Waals surface area (Å²) in [5.74, 6) is 0.194. The molecule has 18 heavy (non-hydrogen) atoms. The minimum atomic E-state index is 0. The predicted molar refractivity (Wildman–Crippen MR) is 78.8 cm³/mol. The van der Waals surface area contributed by atoms with Gasteiger partial charge in [-0.3, -0.25) is 4.79 Å². The van der Waals surface area contributed by atoms with Crippen LogP contribution in [0.25, 0.3) is 0 Å². The molecule has 0 bridgehead atoms. The Balaban J connectivity index is 0.00000144. The summed E-state index contributed by atoms with van der Waals surface area (Å²) in [7, 11) is 2.14. The van der Waals surface area contributed by atoms with E-state index in [1.807, 2.05) is 0 Å². The van der Waals surface area contributed by atoms with Crippen molar-refractivity contribution in [3.63, 3.8) is 0 Å². The highest BCUT2D eigenvalue weighted by Gasteiger charge is 2.24. The average Bonchev–Trinajstić information content (AvgIpc) is 2.73. The number of likely N-dealkylation sites (N-methyl/N-ethyl adjacent to an activating group) is 1. The number of carbonyl (C=O) groups excluding carboxylic acids is 1. The van der Waals surface area contributed by atoms with Crippen molar-refractivity contribution < 1.29 is 4.79 Å². The van der Waals surface area contributed by atoms with Gasteiger partial charge in [-0.1, -0.05) is 6.42 Å². The van der Waals surface area contributed by atoms with Gasteiger partial charge >= 0.3 is 0 Å². The van der Waals surface area contributed by atoms with Crippen molar-refractivity contribution in [3.8, 4) is 0 Å². The second-order valence-electron chi connectivity index (χ2n) is 5.02. The van der Waals surface area contributed by atoms with Crippen LogP contribution in [-0.2, 0) is 4.79 Å². The molecule has 0 aromatic heterocycles. The van der Waals surface area contributed by atoms with Crippen molar-refractivity contribution >= 4 is 30.7 Å². The fraction of sp³-hybridized carbons (Fsp3) is 0.917. The molecule has 2 aliphatic heterocycles. The summed E-state index contributed by atoms with van der Waals surface area (Å²) in [6, 6.07) is 0.605. The third kappa shape index (κ3) is 4.92. The number of hydrogen-bond acceptors (Lipinski definition) is 3. The molecule has 0 spiro atoms. The van der Waals surface area contributed by atoms with Crippen molar-refractivity contribution in [3.05, 3.63) is 0 Å². The van der Waals surface area contributed by atoms with Gasteiger partial charge in [0.2, 0.25) is 5.91 Å². The van der Waals surface area contributed by atoms with Gasteiger partial charge in [-0.25, -0.2) is 0 Å². The van der Waals surface area contributed by atoms with E-state index < -0.39 is 0 Å². The highest BCUT2D eigenvalue weighted by Crippen LogP contribution is 2.13. The molecule has 2 aliphatic rings. The van der Waals surface area contributed by atoms with Crippen LogP contribution in [0.4, 0.5) is 0 Å². The summed E-state index contributed by atoms with van der Waals surface area (Å²) in [5.41, 5.74) is 0. The fourth-order valence-electron chi connectivity index (χ4n) is 2.65. The average molecular weight is 298 g/mol. The predicted octanol–water partition coefficient (Wildman–Crippen LogP) is 1.18. The van der Waals surface area contributed by atoms with Gasteiger partial charge in [0, 0.05) is 12.6 Å². The second-order valence-corrected chi connectivity index (χ2v) is 5.02. The van der Waals surface area contributed by atoms with Gasteiger partial charge in [-0.15, -0.1) is 24.8 Å². The Morgan fingerprint density at radius 2 is 2.06 bits per heavy atom. The number of nitrogens with zero attached hydrogens (tertiary/aromatic N) is 1. The lowest BCUT2D eigenvalue weighted by Gasteiger charge is -2.25. The van der Waals surface area contributed by atoms with Gasteiger partial charge in [0.1, 0.15) is 0 Å². The van der Waals surface area contributed by atoms with Gasteiger partial charge < -0.3 is 15.5 Å². The topological polar surface area (TPSA) is 44.4 Å². The minimum Gasteiger partial charge on any atom is -0.353 e. The Hall–Kier alpha value is -0.0300. The first-order valence-corrected chi connectivity index (χ1v) is 6.48. The molecule has 0 aliphatic carbocycles. The summed E-state index contributed by atoms with van der Waals surface area (Å²) >= 11 is 0. The molecule has 0 aromatic carbocycles. The lowest BCUT2D eigenvalue weighted by Crippen LogP contribution is -2.49. The maximum Gasteiger partial charge on any atom is 0.237 e. The molecule has 0 aromatic rings. The van der Waals surface area contributed by atoms with Crippen molar-refractivity contribution in [2.24, 2.45) is 0 Å². The molecule has 4 nitrogen and oxygen atoms in total. The Labute approximate surface area is 122 Å². The molecule has 108 valence electrons. The number of hydrogen-bond donors (Lipinski definition) is 2. The van der Waals surface area contributed by atoms with Crippen LogP contribution in [0, 0.1) is 0 Å². The van der Waals surface area contributed by atoms with E-state index in [1.54, 1.807) is 0 Å². The van der Waals surface area contributed by atoms with Gasteiger partial charge in [0.05, 0.1) is 6.04 Å². The number of halogens is 2. The van der Waals surface area contributed by atoms with Gasteiger partial charge in [0.25, 0.3) is 0 Å². The van der Waals surface area contributed by atoms with E-state index >= 15 is 0 Å². The maximum atomic E-state index is 11.9. The molecule has 2 unspecified atom stereocenters. The Bertz CT molecular complexity index is 247. The molecular formula is C12H25Cl2N3O. The molecule has 2 atom stereocenters. The summed E-state index contributed by atoms with van der Waals surface area (Å²) in [6.45, 7) is 2.97. The first kappa shape index (κ1) is 18.0. The van der Waals surface area contributed by atoms with Crippen molar-refractivity contribution in [2.45, 2.75) is 44.2 Å². The van der Waals surface area contributed by atoms with Crippen molar-refractivity contribution in [1.29, 1.82) is 0 Å². The van der Waals surface area contributed by atoms with Crippen molar-refractivity contribution in [2.75, 3.05) is 26.7 Å². The number of piperidine rings is 1. The third-order valence-electron chi connectivity index (χ3n) is 3.81. The molecule has 2 fully saturated rings. The normalized spacial score (nSPS) is 28.1. The molecule has 0 radical (unpaired) electrons. The van der Waals surface area contributed by atoms with Crippen LogP contribution in [-0.4, -0.2) is 49.6 Å². The van der Waals surface area contributed by atoms with Crippen LogP contribution >= 0.6 is 24.8 Å². The summed E-state index contributed by atoms with van der Waals surface area (Å²) < 4.78 is 0. The van der Waals surface area contributed by atoms with Crippen LogP contribution < -0.4 is 10.6 Å². The Morgan fingerprint density at radius 1 is 1.28 bits per heavy atom. The van der Waals surface area contributed by atoms with E-state index in [1.165, 1.54) is 32.2 Å². The van der Waals surface area contributed by atoms with Gasteiger partial charge in [0.15, 0.2) is 0 Å². The monoisotopic (exact) mass is 297 g/mol. The standard InChI is InChI=1S/C12H23N3O.2ClH/c1-15-8-4-5-10(15)9-14-12(16)11-6-2-3-7-13-11;;/h10-11,13H,2-9H2,1H3,(H,14,16);2*1H.